The number of hydrogen-bond donors (Lipinski definition) is 2. The molecule has 0 radical (unpaired) electrons. The summed E-state index contributed by atoms with van der Waals surface area (Å²) in [6, 6.07) is 3.81. The molecule has 90 valence electrons. The number of hydrogen-bond acceptors (Lipinski definition) is 2. The van der Waals surface area contributed by atoms with Crippen molar-refractivity contribution in [3.8, 4) is 0 Å². The van der Waals surface area contributed by atoms with Gasteiger partial charge in [0.1, 0.15) is 12.3 Å². The second-order valence-corrected chi connectivity index (χ2v) is 3.55. The average molecular weight is 223 g/mol. The van der Waals surface area contributed by atoms with Crippen LogP contribution in [0.25, 0.3) is 0 Å². The summed E-state index contributed by atoms with van der Waals surface area (Å²) in [5.41, 5.74) is 0. The van der Waals surface area contributed by atoms with Crippen LogP contribution in [0.5, 0.6) is 0 Å². The number of unbranched alkanes of at least 4 members (excludes halogenated alkanes) is 1. The van der Waals surface area contributed by atoms with Crippen LogP contribution in [-0.2, 0) is 6.54 Å². The van der Waals surface area contributed by atoms with E-state index in [0.717, 1.165) is 31.2 Å². The summed E-state index contributed by atoms with van der Waals surface area (Å²) in [5, 5.41) is 6.48. The van der Waals surface area contributed by atoms with Crippen LogP contribution in [0.15, 0.2) is 27.8 Å². The fourth-order valence-corrected chi connectivity index (χ4v) is 1.28. The quantitative estimate of drug-likeness (QED) is 0.441. The lowest BCUT2D eigenvalue weighted by Crippen LogP contribution is -2.37. The summed E-state index contributed by atoms with van der Waals surface area (Å²) in [4.78, 5) is 4.43. The minimum Gasteiger partial charge on any atom is -0.467 e. The molecule has 0 bridgehead atoms. The van der Waals surface area contributed by atoms with E-state index in [1.165, 1.54) is 6.42 Å². The maximum Gasteiger partial charge on any atom is 0.191 e. The van der Waals surface area contributed by atoms with E-state index >= 15 is 0 Å². The maximum absolute atomic E-state index is 5.23. The van der Waals surface area contributed by atoms with Crippen LogP contribution in [0.2, 0.25) is 0 Å². The van der Waals surface area contributed by atoms with Crippen molar-refractivity contribution in [1.82, 2.24) is 10.6 Å². The van der Waals surface area contributed by atoms with Gasteiger partial charge in [0.25, 0.3) is 0 Å². The van der Waals surface area contributed by atoms with Crippen molar-refractivity contribution >= 4 is 5.96 Å². The zero-order valence-electron chi connectivity index (χ0n) is 10.1. The fraction of sp³-hybridized carbons (Fsp3) is 0.583. The average Bonchev–Trinajstić information content (AvgIpc) is 2.79. The van der Waals surface area contributed by atoms with Gasteiger partial charge in [-0.1, -0.05) is 13.3 Å². The SMILES string of the molecule is CCCCNC(=NCc1ccco1)NCC. The maximum atomic E-state index is 5.23. The van der Waals surface area contributed by atoms with Gasteiger partial charge in [-0.05, 0) is 25.5 Å². The van der Waals surface area contributed by atoms with Gasteiger partial charge < -0.3 is 15.1 Å². The zero-order valence-corrected chi connectivity index (χ0v) is 10.1. The van der Waals surface area contributed by atoms with Gasteiger partial charge in [0.15, 0.2) is 5.96 Å². The van der Waals surface area contributed by atoms with Gasteiger partial charge in [-0.2, -0.15) is 0 Å². The molecule has 0 atom stereocenters. The van der Waals surface area contributed by atoms with Crippen LogP contribution < -0.4 is 10.6 Å². The molecule has 0 saturated carbocycles. The Kier molecular flexibility index (Phi) is 6.15. The third kappa shape index (κ3) is 4.87. The van der Waals surface area contributed by atoms with E-state index in [1.807, 2.05) is 12.1 Å². The van der Waals surface area contributed by atoms with E-state index in [2.05, 4.69) is 29.5 Å². The summed E-state index contributed by atoms with van der Waals surface area (Å²) < 4.78 is 5.23. The van der Waals surface area contributed by atoms with Crippen LogP contribution in [0, 0.1) is 0 Å². The van der Waals surface area contributed by atoms with E-state index in [1.54, 1.807) is 6.26 Å². The number of furan rings is 1. The van der Waals surface area contributed by atoms with Gasteiger partial charge in [0.05, 0.1) is 6.26 Å². The minimum absolute atomic E-state index is 0.578. The van der Waals surface area contributed by atoms with Gasteiger partial charge in [0, 0.05) is 13.1 Å². The Labute approximate surface area is 97.1 Å². The van der Waals surface area contributed by atoms with Crippen LogP contribution in [0.4, 0.5) is 0 Å². The summed E-state index contributed by atoms with van der Waals surface area (Å²) in [7, 11) is 0. The summed E-state index contributed by atoms with van der Waals surface area (Å²) in [6.45, 7) is 6.64. The monoisotopic (exact) mass is 223 g/mol. The first-order chi connectivity index (χ1) is 7.86. The van der Waals surface area contributed by atoms with E-state index < -0.39 is 0 Å². The lowest BCUT2D eigenvalue weighted by Gasteiger charge is -2.10. The van der Waals surface area contributed by atoms with Gasteiger partial charge >= 0.3 is 0 Å². The lowest BCUT2D eigenvalue weighted by molar-refractivity contribution is 0.512. The molecular weight excluding hydrogens is 202 g/mol. The van der Waals surface area contributed by atoms with Crippen molar-refractivity contribution in [2.24, 2.45) is 4.99 Å². The molecule has 0 spiro atoms. The lowest BCUT2D eigenvalue weighted by atomic mass is 10.3. The molecule has 1 heterocycles. The molecule has 0 unspecified atom stereocenters. The first kappa shape index (κ1) is 12.6. The molecule has 0 amide bonds. The normalized spacial score (nSPS) is 11.5. The highest BCUT2D eigenvalue weighted by Crippen LogP contribution is 2.00. The highest BCUT2D eigenvalue weighted by Gasteiger charge is 1.97. The molecule has 0 saturated heterocycles. The molecule has 1 rings (SSSR count). The summed E-state index contributed by atoms with van der Waals surface area (Å²) in [6.07, 6.45) is 4.01. The van der Waals surface area contributed by atoms with Crippen molar-refractivity contribution < 1.29 is 4.42 Å². The predicted molar refractivity (Wildman–Crippen MR) is 66.4 cm³/mol. The van der Waals surface area contributed by atoms with Crippen molar-refractivity contribution in [3.63, 3.8) is 0 Å². The first-order valence-corrected chi connectivity index (χ1v) is 5.91. The molecule has 2 N–H and O–H groups in total. The number of nitrogens with one attached hydrogen (secondary N) is 2. The Hall–Kier alpha value is -1.45. The minimum atomic E-state index is 0.578. The molecule has 16 heavy (non-hydrogen) atoms. The van der Waals surface area contributed by atoms with Gasteiger partial charge in [0.2, 0.25) is 0 Å². The second kappa shape index (κ2) is 7.79. The molecule has 4 heteroatoms. The number of guanidine groups is 1. The number of nitrogens with zero attached hydrogens (tertiary/aromatic N) is 1. The Bertz CT molecular complexity index is 293. The Balaban J connectivity index is 2.38. The molecule has 0 fully saturated rings. The van der Waals surface area contributed by atoms with Crippen molar-refractivity contribution in [1.29, 1.82) is 0 Å². The standard InChI is InChI=1S/C12H21N3O/c1-3-5-8-14-12(13-4-2)15-10-11-7-6-9-16-11/h6-7,9H,3-5,8,10H2,1-2H3,(H2,13,14,15). The molecule has 1 aromatic heterocycles. The van der Waals surface area contributed by atoms with E-state index in [0.29, 0.717) is 6.54 Å². The number of rotatable bonds is 6. The van der Waals surface area contributed by atoms with Gasteiger partial charge in [-0.25, -0.2) is 4.99 Å². The molecule has 0 aliphatic rings. The molecule has 0 aliphatic carbocycles. The van der Waals surface area contributed by atoms with Crippen molar-refractivity contribution in [2.75, 3.05) is 13.1 Å². The van der Waals surface area contributed by atoms with E-state index in [-0.39, 0.29) is 0 Å². The topological polar surface area (TPSA) is 49.6 Å². The smallest absolute Gasteiger partial charge is 0.191 e. The predicted octanol–water partition coefficient (Wildman–Crippen LogP) is 2.13. The highest BCUT2D eigenvalue weighted by molar-refractivity contribution is 5.79. The molecule has 1 aromatic rings. The second-order valence-electron chi connectivity index (χ2n) is 3.55. The van der Waals surface area contributed by atoms with E-state index in [4.69, 9.17) is 4.42 Å². The molecular formula is C12H21N3O. The largest absolute Gasteiger partial charge is 0.467 e. The van der Waals surface area contributed by atoms with Gasteiger partial charge in [-0.15, -0.1) is 0 Å². The van der Waals surface area contributed by atoms with Crippen LogP contribution >= 0.6 is 0 Å². The first-order valence-electron chi connectivity index (χ1n) is 5.91. The Morgan fingerprint density at radius 1 is 1.38 bits per heavy atom. The Morgan fingerprint density at radius 3 is 2.88 bits per heavy atom. The molecule has 0 aromatic carbocycles. The fourth-order valence-electron chi connectivity index (χ4n) is 1.28. The highest BCUT2D eigenvalue weighted by atomic mass is 16.3. The molecule has 4 nitrogen and oxygen atoms in total. The van der Waals surface area contributed by atoms with Crippen molar-refractivity contribution in [3.05, 3.63) is 24.2 Å². The van der Waals surface area contributed by atoms with Gasteiger partial charge in [-0.3, -0.25) is 0 Å². The number of aliphatic imine (C=N–C) groups is 1. The molecule has 0 aliphatic heterocycles. The Morgan fingerprint density at radius 2 is 2.25 bits per heavy atom. The van der Waals surface area contributed by atoms with Crippen LogP contribution in [-0.4, -0.2) is 19.0 Å². The van der Waals surface area contributed by atoms with Crippen LogP contribution in [0.3, 0.4) is 0 Å². The van der Waals surface area contributed by atoms with E-state index in [9.17, 15) is 0 Å². The summed E-state index contributed by atoms with van der Waals surface area (Å²) >= 11 is 0. The van der Waals surface area contributed by atoms with Crippen LogP contribution in [0.1, 0.15) is 32.4 Å². The zero-order chi connectivity index (χ0) is 11.6. The third-order valence-electron chi connectivity index (χ3n) is 2.14. The van der Waals surface area contributed by atoms with Crippen molar-refractivity contribution in [2.45, 2.75) is 33.2 Å². The summed E-state index contributed by atoms with van der Waals surface area (Å²) in [5.74, 6) is 1.74. The third-order valence-corrected chi connectivity index (χ3v) is 2.14.